The van der Waals surface area contributed by atoms with Gasteiger partial charge in [0.25, 0.3) is 0 Å². The topological polar surface area (TPSA) is 55.8 Å². The van der Waals surface area contributed by atoms with E-state index in [1.54, 1.807) is 0 Å². The normalized spacial score (nSPS) is 16.2. The zero-order valence-electron chi connectivity index (χ0n) is 22.8. The van der Waals surface area contributed by atoms with Crippen molar-refractivity contribution in [2.45, 2.75) is 58.5 Å². The van der Waals surface area contributed by atoms with E-state index in [0.29, 0.717) is 18.9 Å². The van der Waals surface area contributed by atoms with E-state index in [1.807, 2.05) is 60.4 Å². The van der Waals surface area contributed by atoms with E-state index < -0.39 is 0 Å². The highest BCUT2D eigenvalue weighted by Crippen LogP contribution is 2.30. The Labute approximate surface area is 226 Å². The molecule has 0 spiro atoms. The van der Waals surface area contributed by atoms with Crippen molar-refractivity contribution in [3.05, 3.63) is 101 Å². The van der Waals surface area contributed by atoms with E-state index >= 15 is 0 Å². The average molecular weight is 514 g/mol. The Morgan fingerprint density at radius 1 is 0.921 bits per heavy atom. The van der Waals surface area contributed by atoms with Gasteiger partial charge in [-0.3, -0.25) is 9.59 Å². The van der Waals surface area contributed by atoms with Gasteiger partial charge in [-0.25, -0.2) is 0 Å². The van der Waals surface area contributed by atoms with Crippen LogP contribution in [0.4, 0.5) is 0 Å². The van der Waals surface area contributed by atoms with Gasteiger partial charge in [-0.15, -0.1) is 0 Å². The van der Waals surface area contributed by atoms with E-state index in [1.165, 1.54) is 11.1 Å². The first-order valence-corrected chi connectivity index (χ1v) is 13.7. The molecule has 2 atom stereocenters. The Bertz CT molecular complexity index is 1190. The van der Waals surface area contributed by atoms with Gasteiger partial charge in [0.15, 0.2) is 0 Å². The van der Waals surface area contributed by atoms with Crippen LogP contribution in [0.5, 0.6) is 5.75 Å². The van der Waals surface area contributed by atoms with Gasteiger partial charge in [-0.1, -0.05) is 80.6 Å². The summed E-state index contributed by atoms with van der Waals surface area (Å²) in [6.07, 6.45) is 2.46. The zero-order valence-corrected chi connectivity index (χ0v) is 22.8. The summed E-state index contributed by atoms with van der Waals surface area (Å²) in [4.78, 5) is 27.5. The van der Waals surface area contributed by atoms with Crippen LogP contribution in [0.2, 0.25) is 0 Å². The number of ether oxygens (including phenoxy) is 2. The first kappa shape index (κ1) is 27.4. The lowest BCUT2D eigenvalue weighted by Gasteiger charge is -2.33. The molecule has 1 amide bonds. The van der Waals surface area contributed by atoms with Gasteiger partial charge < -0.3 is 14.4 Å². The number of piperidine rings is 1. The van der Waals surface area contributed by atoms with Gasteiger partial charge >= 0.3 is 5.97 Å². The molecule has 0 saturated carbocycles. The number of hydrogen-bond acceptors (Lipinski definition) is 4. The third-order valence-corrected chi connectivity index (χ3v) is 7.23. The van der Waals surface area contributed by atoms with E-state index in [9.17, 15) is 9.59 Å². The van der Waals surface area contributed by atoms with Gasteiger partial charge in [-0.05, 0) is 60.1 Å². The van der Waals surface area contributed by atoms with E-state index in [2.05, 4.69) is 44.2 Å². The van der Waals surface area contributed by atoms with Crippen LogP contribution in [0, 0.1) is 5.92 Å². The molecule has 1 aliphatic rings. The van der Waals surface area contributed by atoms with Gasteiger partial charge in [-0.2, -0.15) is 0 Å². The molecule has 200 valence electrons. The predicted molar refractivity (Wildman–Crippen MR) is 150 cm³/mol. The maximum atomic E-state index is 13.1. The quantitative estimate of drug-likeness (QED) is 0.290. The molecule has 3 aromatic rings. The van der Waals surface area contributed by atoms with Gasteiger partial charge in [0.1, 0.15) is 19.0 Å². The van der Waals surface area contributed by atoms with E-state index in [0.717, 1.165) is 36.3 Å². The van der Waals surface area contributed by atoms with Crippen LogP contribution in [0.3, 0.4) is 0 Å². The molecule has 1 aliphatic heterocycles. The van der Waals surface area contributed by atoms with Gasteiger partial charge in [0.2, 0.25) is 5.91 Å². The molecule has 5 nitrogen and oxygen atoms in total. The minimum atomic E-state index is -0.375. The summed E-state index contributed by atoms with van der Waals surface area (Å²) in [6, 6.07) is 26.1. The smallest absolute Gasteiger partial charge is 0.312 e. The number of nitrogens with zero attached hydrogens (tertiary/aromatic N) is 1. The van der Waals surface area contributed by atoms with Crippen molar-refractivity contribution in [2.24, 2.45) is 5.92 Å². The fraction of sp³-hybridized carbons (Fsp3) is 0.394. The van der Waals surface area contributed by atoms with Crippen molar-refractivity contribution in [1.82, 2.24) is 4.90 Å². The minimum Gasteiger partial charge on any atom is -0.493 e. The highest BCUT2D eigenvalue weighted by Gasteiger charge is 2.25. The third-order valence-electron chi connectivity index (χ3n) is 7.23. The summed E-state index contributed by atoms with van der Waals surface area (Å²) in [5.41, 5.74) is 4.49. The zero-order chi connectivity index (χ0) is 26.9. The second kappa shape index (κ2) is 13.3. The standard InChI is InChI=1S/C33H39NO4/c1-24(2)28-16-14-26(15-17-28)19-32(35)34-18-8-12-30(21-34)29-11-7-13-31(20-29)37-22-25(3)33(36)38-23-27-9-5-4-6-10-27/h4-7,9-11,13-17,20,24-25,30H,8,12,18-19,21-23H2,1-3H3. The molecule has 5 heteroatoms. The Kier molecular flexibility index (Phi) is 9.58. The van der Waals surface area contributed by atoms with Gasteiger partial charge in [0, 0.05) is 19.0 Å². The third kappa shape index (κ3) is 7.70. The lowest BCUT2D eigenvalue weighted by Crippen LogP contribution is -2.39. The lowest BCUT2D eigenvalue weighted by molar-refractivity contribution is -0.150. The summed E-state index contributed by atoms with van der Waals surface area (Å²) >= 11 is 0. The number of rotatable bonds is 10. The van der Waals surface area contributed by atoms with Gasteiger partial charge in [0.05, 0.1) is 12.3 Å². The molecule has 0 radical (unpaired) electrons. The highest BCUT2D eigenvalue weighted by molar-refractivity contribution is 5.79. The Morgan fingerprint density at radius 3 is 2.42 bits per heavy atom. The number of amides is 1. The van der Waals surface area contributed by atoms with Crippen LogP contribution in [0.25, 0.3) is 0 Å². The fourth-order valence-electron chi connectivity index (χ4n) is 4.80. The molecule has 1 fully saturated rings. The predicted octanol–water partition coefficient (Wildman–Crippen LogP) is 6.52. The maximum Gasteiger partial charge on any atom is 0.312 e. The van der Waals surface area contributed by atoms with Crippen LogP contribution in [-0.2, 0) is 27.4 Å². The second-order valence-electron chi connectivity index (χ2n) is 10.6. The Balaban J connectivity index is 1.28. The van der Waals surface area contributed by atoms with Crippen LogP contribution >= 0.6 is 0 Å². The number of carbonyl (C=O) groups is 2. The summed E-state index contributed by atoms with van der Waals surface area (Å²) in [5, 5.41) is 0. The molecule has 3 aromatic carbocycles. The lowest BCUT2D eigenvalue weighted by atomic mass is 9.90. The summed E-state index contributed by atoms with van der Waals surface area (Å²) in [7, 11) is 0. The average Bonchev–Trinajstić information content (AvgIpc) is 2.95. The summed E-state index contributed by atoms with van der Waals surface area (Å²) in [5.74, 6) is 1.03. The number of carbonyl (C=O) groups excluding carboxylic acids is 2. The summed E-state index contributed by atoms with van der Waals surface area (Å²) < 4.78 is 11.4. The molecule has 4 rings (SSSR count). The largest absolute Gasteiger partial charge is 0.493 e. The number of likely N-dealkylation sites (tertiary alicyclic amines) is 1. The number of hydrogen-bond donors (Lipinski definition) is 0. The van der Waals surface area contributed by atoms with Crippen LogP contribution in [0.1, 0.15) is 67.7 Å². The molecule has 38 heavy (non-hydrogen) atoms. The summed E-state index contributed by atoms with van der Waals surface area (Å²) in [6.45, 7) is 8.21. The molecule has 1 heterocycles. The minimum absolute atomic E-state index is 0.183. The number of benzene rings is 3. The van der Waals surface area contributed by atoms with Crippen LogP contribution < -0.4 is 4.74 Å². The van der Waals surface area contributed by atoms with Crippen molar-refractivity contribution in [3.8, 4) is 5.75 Å². The van der Waals surface area contributed by atoms with Crippen LogP contribution in [0.15, 0.2) is 78.9 Å². The van der Waals surface area contributed by atoms with Crippen molar-refractivity contribution >= 4 is 11.9 Å². The molecule has 0 bridgehead atoms. The fourth-order valence-corrected chi connectivity index (χ4v) is 4.80. The first-order chi connectivity index (χ1) is 18.4. The molecule has 0 N–H and O–H groups in total. The number of esters is 1. The monoisotopic (exact) mass is 513 g/mol. The van der Waals surface area contributed by atoms with Crippen molar-refractivity contribution in [3.63, 3.8) is 0 Å². The molecule has 0 aromatic heterocycles. The Morgan fingerprint density at radius 2 is 1.68 bits per heavy atom. The van der Waals surface area contributed by atoms with Crippen molar-refractivity contribution in [2.75, 3.05) is 19.7 Å². The molecule has 2 unspecified atom stereocenters. The molecular weight excluding hydrogens is 474 g/mol. The van der Waals surface area contributed by atoms with E-state index in [4.69, 9.17) is 9.47 Å². The maximum absolute atomic E-state index is 13.1. The first-order valence-electron chi connectivity index (χ1n) is 13.7. The van der Waals surface area contributed by atoms with Crippen molar-refractivity contribution in [1.29, 1.82) is 0 Å². The molecule has 1 saturated heterocycles. The SMILES string of the molecule is CC(COc1cccc(C2CCCN(C(=O)Cc3ccc(C(C)C)cc3)C2)c1)C(=O)OCc1ccccc1. The molecule has 0 aliphatic carbocycles. The Hall–Kier alpha value is -3.60. The van der Waals surface area contributed by atoms with Crippen LogP contribution in [-0.4, -0.2) is 36.5 Å². The molecular formula is C33H39NO4. The van der Waals surface area contributed by atoms with E-state index in [-0.39, 0.29) is 36.9 Å². The van der Waals surface area contributed by atoms with Crippen molar-refractivity contribution < 1.29 is 19.1 Å². The highest BCUT2D eigenvalue weighted by atomic mass is 16.5. The second-order valence-corrected chi connectivity index (χ2v) is 10.6.